The number of rotatable bonds is 2. The molecule has 2 heterocycles. The Kier molecular flexibility index (Phi) is 4.22. The second-order valence-electron chi connectivity index (χ2n) is 7.10. The van der Waals surface area contributed by atoms with Crippen molar-refractivity contribution in [3.8, 4) is 0 Å². The Morgan fingerprint density at radius 1 is 1.04 bits per heavy atom. The lowest BCUT2D eigenvalue weighted by Gasteiger charge is -2.39. The number of fused-ring (bicyclic) bond motifs is 1. The van der Waals surface area contributed by atoms with E-state index in [0.29, 0.717) is 18.8 Å². The molecule has 1 aromatic heterocycles. The molecular weight excluding hydrogens is 338 g/mol. The van der Waals surface area contributed by atoms with Gasteiger partial charge in [0.1, 0.15) is 11.7 Å². The van der Waals surface area contributed by atoms with E-state index < -0.39 is 6.04 Å². The Hall–Kier alpha value is -3.08. The van der Waals surface area contributed by atoms with E-state index in [1.165, 1.54) is 0 Å². The van der Waals surface area contributed by atoms with E-state index in [-0.39, 0.29) is 11.8 Å². The molecule has 1 aliphatic heterocycles. The lowest BCUT2D eigenvalue weighted by Crippen LogP contribution is -2.58. The average Bonchev–Trinajstić information content (AvgIpc) is 3.02. The van der Waals surface area contributed by atoms with Gasteiger partial charge in [-0.15, -0.1) is 0 Å². The van der Waals surface area contributed by atoms with Crippen molar-refractivity contribution in [3.05, 3.63) is 65.9 Å². The Balaban J connectivity index is 1.63. The first kappa shape index (κ1) is 17.3. The van der Waals surface area contributed by atoms with Gasteiger partial charge in [0.2, 0.25) is 5.91 Å². The standard InChI is InChI=1S/C22H23N3O2/c1-15-8-7-9-17-14-19(23(3)20(15)17)22(27)24-12-13-25(21(26)16(24)2)18-10-5-4-6-11-18/h4-11,14,16H,12-13H2,1-3H3/t16-/m1/s1. The van der Waals surface area contributed by atoms with Gasteiger partial charge in [-0.25, -0.2) is 0 Å². The number of aryl methyl sites for hydroxylation is 2. The minimum atomic E-state index is -0.495. The topological polar surface area (TPSA) is 45.6 Å². The van der Waals surface area contributed by atoms with Crippen molar-refractivity contribution >= 4 is 28.4 Å². The molecule has 1 aliphatic rings. The first-order valence-corrected chi connectivity index (χ1v) is 9.21. The summed E-state index contributed by atoms with van der Waals surface area (Å²) in [5.41, 5.74) is 3.68. The first-order chi connectivity index (χ1) is 13.0. The third-order valence-electron chi connectivity index (χ3n) is 5.46. The molecule has 0 spiro atoms. The molecule has 0 unspecified atom stereocenters. The fourth-order valence-electron chi connectivity index (χ4n) is 3.99. The van der Waals surface area contributed by atoms with Crippen LogP contribution < -0.4 is 4.90 Å². The maximum Gasteiger partial charge on any atom is 0.271 e. The number of nitrogens with zero attached hydrogens (tertiary/aromatic N) is 3. The van der Waals surface area contributed by atoms with Gasteiger partial charge in [0, 0.05) is 31.2 Å². The zero-order chi connectivity index (χ0) is 19.1. The monoisotopic (exact) mass is 361 g/mol. The van der Waals surface area contributed by atoms with Gasteiger partial charge in [-0.3, -0.25) is 9.59 Å². The van der Waals surface area contributed by atoms with Crippen molar-refractivity contribution in [1.82, 2.24) is 9.47 Å². The smallest absolute Gasteiger partial charge is 0.271 e. The minimum Gasteiger partial charge on any atom is -0.339 e. The predicted molar refractivity (Wildman–Crippen MR) is 107 cm³/mol. The van der Waals surface area contributed by atoms with Crippen LogP contribution in [0.1, 0.15) is 23.0 Å². The number of para-hydroxylation sites is 2. The minimum absolute atomic E-state index is 0.0456. The average molecular weight is 361 g/mol. The van der Waals surface area contributed by atoms with Crippen molar-refractivity contribution in [2.75, 3.05) is 18.0 Å². The summed E-state index contributed by atoms with van der Waals surface area (Å²) in [6.45, 7) is 4.87. The highest BCUT2D eigenvalue weighted by Crippen LogP contribution is 2.25. The largest absolute Gasteiger partial charge is 0.339 e. The van der Waals surface area contributed by atoms with E-state index in [0.717, 1.165) is 22.2 Å². The van der Waals surface area contributed by atoms with Gasteiger partial charge in [-0.05, 0) is 37.6 Å². The van der Waals surface area contributed by atoms with Crippen molar-refractivity contribution in [3.63, 3.8) is 0 Å². The number of hydrogen-bond donors (Lipinski definition) is 0. The van der Waals surface area contributed by atoms with E-state index in [1.54, 1.807) is 9.80 Å². The molecule has 1 fully saturated rings. The van der Waals surface area contributed by atoms with Gasteiger partial charge >= 0.3 is 0 Å². The van der Waals surface area contributed by atoms with E-state index in [4.69, 9.17) is 0 Å². The highest BCUT2D eigenvalue weighted by Gasteiger charge is 2.36. The first-order valence-electron chi connectivity index (χ1n) is 9.21. The lowest BCUT2D eigenvalue weighted by molar-refractivity contribution is -0.124. The summed E-state index contributed by atoms with van der Waals surface area (Å²) in [6, 6.07) is 17.1. The third kappa shape index (κ3) is 2.79. The van der Waals surface area contributed by atoms with Crippen LogP contribution in [0.5, 0.6) is 0 Å². The van der Waals surface area contributed by atoms with Gasteiger partial charge in [-0.1, -0.05) is 36.4 Å². The molecular formula is C22H23N3O2. The molecule has 138 valence electrons. The predicted octanol–water partition coefficient (Wildman–Crippen LogP) is 3.36. The quantitative estimate of drug-likeness (QED) is 0.703. The molecule has 0 N–H and O–H groups in total. The van der Waals surface area contributed by atoms with Crippen molar-refractivity contribution in [2.24, 2.45) is 7.05 Å². The normalized spacial score (nSPS) is 17.6. The molecule has 0 aliphatic carbocycles. The van der Waals surface area contributed by atoms with Gasteiger partial charge in [0.05, 0.1) is 5.52 Å². The molecule has 2 aromatic carbocycles. The van der Waals surface area contributed by atoms with Gasteiger partial charge in [0.25, 0.3) is 5.91 Å². The Morgan fingerprint density at radius 2 is 1.78 bits per heavy atom. The van der Waals surface area contributed by atoms with Crippen LogP contribution in [0.4, 0.5) is 5.69 Å². The zero-order valence-electron chi connectivity index (χ0n) is 15.8. The molecule has 2 amide bonds. The highest BCUT2D eigenvalue weighted by molar-refractivity contribution is 6.05. The van der Waals surface area contributed by atoms with Crippen LogP contribution in [-0.4, -0.2) is 40.4 Å². The molecule has 0 radical (unpaired) electrons. The molecule has 0 bridgehead atoms. The lowest BCUT2D eigenvalue weighted by atomic mass is 10.1. The number of piperazine rings is 1. The van der Waals surface area contributed by atoms with Crippen LogP contribution in [0.3, 0.4) is 0 Å². The summed E-state index contributed by atoms with van der Waals surface area (Å²) in [4.78, 5) is 29.6. The number of carbonyl (C=O) groups is 2. The van der Waals surface area contributed by atoms with Crippen LogP contribution in [0.25, 0.3) is 10.9 Å². The second-order valence-corrected chi connectivity index (χ2v) is 7.10. The molecule has 0 saturated carbocycles. The van der Waals surface area contributed by atoms with Crippen LogP contribution >= 0.6 is 0 Å². The molecule has 5 heteroatoms. The van der Waals surface area contributed by atoms with Crippen LogP contribution in [0.2, 0.25) is 0 Å². The number of hydrogen-bond acceptors (Lipinski definition) is 2. The number of anilines is 1. The van der Waals surface area contributed by atoms with Crippen molar-refractivity contribution in [2.45, 2.75) is 19.9 Å². The summed E-state index contributed by atoms with van der Waals surface area (Å²) >= 11 is 0. The van der Waals surface area contributed by atoms with Gasteiger partial charge in [0.15, 0.2) is 0 Å². The number of aromatic nitrogens is 1. The molecule has 3 aromatic rings. The van der Waals surface area contributed by atoms with E-state index in [9.17, 15) is 9.59 Å². The second kappa shape index (κ2) is 6.58. The SMILES string of the molecule is Cc1cccc2cc(C(=O)N3CCN(c4ccccc4)C(=O)[C@H]3C)n(C)c12. The number of benzene rings is 2. The maximum atomic E-state index is 13.2. The summed E-state index contributed by atoms with van der Waals surface area (Å²) in [5, 5.41) is 1.04. The van der Waals surface area contributed by atoms with Crippen LogP contribution in [0.15, 0.2) is 54.6 Å². The van der Waals surface area contributed by atoms with Crippen LogP contribution in [-0.2, 0) is 11.8 Å². The van der Waals surface area contributed by atoms with Gasteiger partial charge in [-0.2, -0.15) is 0 Å². The van der Waals surface area contributed by atoms with E-state index in [2.05, 4.69) is 0 Å². The summed E-state index contributed by atoms with van der Waals surface area (Å²) in [7, 11) is 1.91. The highest BCUT2D eigenvalue weighted by atomic mass is 16.2. The summed E-state index contributed by atoms with van der Waals surface area (Å²) in [5.74, 6) is -0.141. The Morgan fingerprint density at radius 3 is 2.48 bits per heavy atom. The zero-order valence-corrected chi connectivity index (χ0v) is 15.8. The van der Waals surface area contributed by atoms with Crippen molar-refractivity contribution in [1.29, 1.82) is 0 Å². The van der Waals surface area contributed by atoms with Crippen LogP contribution in [0, 0.1) is 6.92 Å². The molecule has 5 nitrogen and oxygen atoms in total. The molecule has 4 rings (SSSR count). The molecule has 1 saturated heterocycles. The summed E-state index contributed by atoms with van der Waals surface area (Å²) < 4.78 is 1.94. The fourth-order valence-corrected chi connectivity index (χ4v) is 3.99. The third-order valence-corrected chi connectivity index (χ3v) is 5.46. The van der Waals surface area contributed by atoms with Gasteiger partial charge < -0.3 is 14.4 Å². The fraction of sp³-hybridized carbons (Fsp3) is 0.273. The Labute approximate surface area is 158 Å². The van der Waals surface area contributed by atoms with E-state index >= 15 is 0 Å². The Bertz CT molecular complexity index is 1020. The summed E-state index contributed by atoms with van der Waals surface area (Å²) in [6.07, 6.45) is 0. The molecule has 27 heavy (non-hydrogen) atoms. The maximum absolute atomic E-state index is 13.2. The van der Waals surface area contributed by atoms with Crippen molar-refractivity contribution < 1.29 is 9.59 Å². The number of carbonyl (C=O) groups excluding carboxylic acids is 2. The number of amides is 2. The molecule has 1 atom stereocenters. The van der Waals surface area contributed by atoms with E-state index in [1.807, 2.05) is 80.1 Å².